The zero-order valence-electron chi connectivity index (χ0n) is 17.0. The minimum atomic E-state index is -5.11. The maximum absolute atomic E-state index is 13.0. The average Bonchev–Trinajstić information content (AvgIpc) is 2.72. The van der Waals surface area contributed by atoms with Crippen LogP contribution in [0, 0.1) is 5.92 Å². The first-order valence-electron chi connectivity index (χ1n) is 9.44. The number of alkyl halides is 6. The summed E-state index contributed by atoms with van der Waals surface area (Å²) in [7, 11) is 0. The lowest BCUT2D eigenvalue weighted by Gasteiger charge is -2.22. The molecular weight excluding hydrogens is 442 g/mol. The number of amides is 2. The molecule has 2 atom stereocenters. The Labute approximate surface area is 179 Å². The molecule has 2 rings (SSSR count). The van der Waals surface area contributed by atoms with Crippen molar-refractivity contribution in [2.45, 2.75) is 38.7 Å². The van der Waals surface area contributed by atoms with Crippen LogP contribution in [0.5, 0.6) is 0 Å². The predicted octanol–water partition coefficient (Wildman–Crippen LogP) is 5.44. The van der Waals surface area contributed by atoms with Crippen LogP contribution in [0.25, 0.3) is 0 Å². The lowest BCUT2D eigenvalue weighted by molar-refractivity contribution is -0.143. The van der Waals surface area contributed by atoms with Crippen molar-refractivity contribution in [3.63, 3.8) is 0 Å². The largest absolute Gasteiger partial charge is 0.416 e. The number of nitrogens with one attached hydrogen (secondary N) is 2. The smallest absolute Gasteiger partial charge is 0.324 e. The first-order chi connectivity index (χ1) is 14.8. The van der Waals surface area contributed by atoms with Crippen LogP contribution in [-0.4, -0.2) is 17.9 Å². The van der Waals surface area contributed by atoms with Crippen LogP contribution < -0.4 is 10.8 Å². The molecule has 174 valence electrons. The fourth-order valence-corrected chi connectivity index (χ4v) is 2.64. The van der Waals surface area contributed by atoms with E-state index in [1.54, 1.807) is 49.7 Å². The molecule has 0 radical (unpaired) electrons. The Bertz CT molecular complexity index is 913. The molecule has 2 amide bonds. The second-order valence-electron chi connectivity index (χ2n) is 7.01. The maximum Gasteiger partial charge on any atom is 0.416 e. The number of anilines is 1. The minimum absolute atomic E-state index is 0.0904. The van der Waals surface area contributed by atoms with E-state index in [0.29, 0.717) is 12.1 Å². The van der Waals surface area contributed by atoms with E-state index in [2.05, 4.69) is 5.32 Å². The van der Waals surface area contributed by atoms with Gasteiger partial charge in [-0.1, -0.05) is 38.5 Å². The van der Waals surface area contributed by atoms with E-state index in [9.17, 15) is 35.9 Å². The summed E-state index contributed by atoms with van der Waals surface area (Å²) in [5, 5.41) is 2.57. The van der Waals surface area contributed by atoms with Gasteiger partial charge in [0.15, 0.2) is 6.10 Å². The predicted molar refractivity (Wildman–Crippen MR) is 103 cm³/mol. The van der Waals surface area contributed by atoms with Crippen molar-refractivity contribution in [2.24, 2.45) is 5.92 Å². The van der Waals surface area contributed by atoms with Crippen LogP contribution in [0.4, 0.5) is 32.0 Å². The lowest BCUT2D eigenvalue weighted by atomic mass is 10.0. The molecule has 0 saturated carbocycles. The summed E-state index contributed by atoms with van der Waals surface area (Å²) >= 11 is 0. The fourth-order valence-electron chi connectivity index (χ4n) is 2.64. The quantitative estimate of drug-likeness (QED) is 0.426. The Morgan fingerprint density at radius 2 is 1.47 bits per heavy atom. The highest BCUT2D eigenvalue weighted by Gasteiger charge is 2.37. The van der Waals surface area contributed by atoms with Gasteiger partial charge in [-0.15, -0.1) is 0 Å². The molecule has 32 heavy (non-hydrogen) atoms. The Balaban J connectivity index is 2.23. The van der Waals surface area contributed by atoms with E-state index in [1.807, 2.05) is 0 Å². The minimum Gasteiger partial charge on any atom is -0.324 e. The van der Waals surface area contributed by atoms with Gasteiger partial charge in [0.25, 0.3) is 11.8 Å². The standard InChI is InChI=1S/C21H20F6N2O3/c1-3-12(2)17(19(31)28-16-7-5-4-6-8-16)32-29-18(30)13-9-14(20(22,23)24)11-15(10-13)21(25,26)27/h4-12,17H,3H2,1-2H3,(H,28,31)(H,29,30)/t12?,17-/m1/s1. The number of carbonyl (C=O) groups excluding carboxylic acids is 2. The highest BCUT2D eigenvalue weighted by molar-refractivity contribution is 5.96. The summed E-state index contributed by atoms with van der Waals surface area (Å²) in [6, 6.07) is 8.73. The van der Waals surface area contributed by atoms with Crippen LogP contribution in [0.1, 0.15) is 41.8 Å². The van der Waals surface area contributed by atoms with Gasteiger partial charge in [0.1, 0.15) is 0 Å². The van der Waals surface area contributed by atoms with Gasteiger partial charge in [0.05, 0.1) is 11.1 Å². The summed E-state index contributed by atoms with van der Waals surface area (Å²) in [5.74, 6) is -2.44. The molecule has 1 unspecified atom stereocenters. The number of halogens is 6. The molecule has 0 aliphatic rings. The molecule has 0 aliphatic carbocycles. The van der Waals surface area contributed by atoms with E-state index in [1.165, 1.54) is 0 Å². The average molecular weight is 462 g/mol. The maximum atomic E-state index is 13.0. The summed E-state index contributed by atoms with van der Waals surface area (Å²) in [4.78, 5) is 30.0. The summed E-state index contributed by atoms with van der Waals surface area (Å²) in [6.45, 7) is 3.37. The number of hydrogen-bond acceptors (Lipinski definition) is 3. The number of para-hydroxylation sites is 1. The summed E-state index contributed by atoms with van der Waals surface area (Å²) < 4.78 is 78.0. The van der Waals surface area contributed by atoms with Gasteiger partial charge < -0.3 is 5.32 Å². The molecule has 0 aromatic heterocycles. The van der Waals surface area contributed by atoms with E-state index >= 15 is 0 Å². The molecule has 0 saturated heterocycles. The van der Waals surface area contributed by atoms with Crippen LogP contribution in [-0.2, 0) is 22.0 Å². The third-order valence-electron chi connectivity index (χ3n) is 4.59. The van der Waals surface area contributed by atoms with Gasteiger partial charge in [0.2, 0.25) is 0 Å². The van der Waals surface area contributed by atoms with Crippen molar-refractivity contribution in [3.8, 4) is 0 Å². The molecular formula is C21H20F6N2O3. The Morgan fingerprint density at radius 1 is 0.938 bits per heavy atom. The van der Waals surface area contributed by atoms with E-state index in [0.717, 1.165) is 0 Å². The zero-order chi connectivity index (χ0) is 24.1. The van der Waals surface area contributed by atoms with Crippen molar-refractivity contribution in [1.82, 2.24) is 5.48 Å². The zero-order valence-corrected chi connectivity index (χ0v) is 17.0. The lowest BCUT2D eigenvalue weighted by Crippen LogP contribution is -2.41. The Kier molecular flexibility index (Phi) is 7.89. The number of hydrogen-bond donors (Lipinski definition) is 2. The van der Waals surface area contributed by atoms with Crippen LogP contribution in [0.2, 0.25) is 0 Å². The molecule has 2 aromatic rings. The van der Waals surface area contributed by atoms with E-state index < -0.39 is 52.9 Å². The topological polar surface area (TPSA) is 67.4 Å². The second-order valence-corrected chi connectivity index (χ2v) is 7.01. The Hall–Kier alpha value is -3.08. The monoisotopic (exact) mass is 462 g/mol. The fraction of sp³-hybridized carbons (Fsp3) is 0.333. The highest BCUT2D eigenvalue weighted by atomic mass is 19.4. The van der Waals surface area contributed by atoms with E-state index in [-0.39, 0.29) is 18.2 Å². The van der Waals surface area contributed by atoms with Crippen molar-refractivity contribution in [1.29, 1.82) is 0 Å². The third kappa shape index (κ3) is 6.71. The van der Waals surface area contributed by atoms with Crippen molar-refractivity contribution < 1.29 is 40.8 Å². The van der Waals surface area contributed by atoms with E-state index in [4.69, 9.17) is 4.84 Å². The molecule has 0 spiro atoms. The SMILES string of the molecule is CCC(C)[C@@H](ONC(=O)c1cc(C(F)(F)F)cc(C(F)(F)F)c1)C(=O)Nc1ccccc1. The van der Waals surface area contributed by atoms with Crippen molar-refractivity contribution >= 4 is 17.5 Å². The molecule has 0 fully saturated rings. The van der Waals surface area contributed by atoms with Crippen molar-refractivity contribution in [3.05, 3.63) is 65.2 Å². The van der Waals surface area contributed by atoms with Gasteiger partial charge in [-0.3, -0.25) is 14.4 Å². The van der Waals surface area contributed by atoms with Gasteiger partial charge in [-0.2, -0.15) is 26.3 Å². The molecule has 5 nitrogen and oxygen atoms in total. The van der Waals surface area contributed by atoms with Crippen molar-refractivity contribution in [2.75, 3.05) is 5.32 Å². The number of benzene rings is 2. The summed E-state index contributed by atoms with van der Waals surface area (Å²) in [6.07, 6.45) is -11.0. The van der Waals surface area contributed by atoms with Crippen LogP contribution in [0.3, 0.4) is 0 Å². The molecule has 2 aromatic carbocycles. The first-order valence-corrected chi connectivity index (χ1v) is 9.44. The molecule has 0 heterocycles. The van der Waals surface area contributed by atoms with Gasteiger partial charge in [-0.05, 0) is 36.2 Å². The molecule has 11 heteroatoms. The number of carbonyl (C=O) groups is 2. The summed E-state index contributed by atoms with van der Waals surface area (Å²) in [5.41, 5.74) is -1.96. The molecule has 0 aliphatic heterocycles. The van der Waals surface area contributed by atoms with Gasteiger partial charge >= 0.3 is 12.4 Å². The normalized spacial score (nSPS) is 13.9. The third-order valence-corrected chi connectivity index (χ3v) is 4.59. The van der Waals surface area contributed by atoms with Crippen LogP contribution in [0.15, 0.2) is 48.5 Å². The Morgan fingerprint density at radius 3 is 1.94 bits per heavy atom. The van der Waals surface area contributed by atoms with Crippen LogP contribution >= 0.6 is 0 Å². The molecule has 2 N–H and O–H groups in total. The second kappa shape index (κ2) is 10.0. The highest BCUT2D eigenvalue weighted by Crippen LogP contribution is 2.36. The number of rotatable bonds is 7. The first kappa shape index (κ1) is 25.2. The van der Waals surface area contributed by atoms with Gasteiger partial charge in [-0.25, -0.2) is 5.48 Å². The molecule has 0 bridgehead atoms. The number of hydroxylamine groups is 1. The van der Waals surface area contributed by atoms with Gasteiger partial charge in [0, 0.05) is 11.3 Å².